The number of carboxylic acids is 1. The van der Waals surface area contributed by atoms with Gasteiger partial charge in [-0.2, -0.15) is 0 Å². The Kier molecular flexibility index (Phi) is 4.98. The summed E-state index contributed by atoms with van der Waals surface area (Å²) in [5, 5.41) is 8.40. The number of hydrogen-bond donors (Lipinski definition) is 1. The Bertz CT molecular complexity index is 280. The summed E-state index contributed by atoms with van der Waals surface area (Å²) in [6.07, 6.45) is 3.82. The van der Waals surface area contributed by atoms with Crippen LogP contribution < -0.4 is 0 Å². The topological polar surface area (TPSA) is 66.8 Å². The van der Waals surface area contributed by atoms with Gasteiger partial charge in [0.1, 0.15) is 0 Å². The lowest BCUT2D eigenvalue weighted by atomic mass is 9.98. The first-order chi connectivity index (χ1) is 7.63. The van der Waals surface area contributed by atoms with Gasteiger partial charge in [-0.15, -0.1) is 0 Å². The second-order valence-electron chi connectivity index (χ2n) is 3.90. The van der Waals surface area contributed by atoms with Gasteiger partial charge < -0.3 is 14.7 Å². The predicted molar refractivity (Wildman–Crippen MR) is 58.0 cm³/mol. The molecule has 1 saturated heterocycles. The molecule has 0 aromatic rings. The van der Waals surface area contributed by atoms with Crippen molar-refractivity contribution in [3.8, 4) is 0 Å². The summed E-state index contributed by atoms with van der Waals surface area (Å²) in [4.78, 5) is 23.4. The van der Waals surface area contributed by atoms with Gasteiger partial charge in [-0.25, -0.2) is 4.79 Å². The molecule has 0 saturated carbocycles. The number of nitrogens with zero attached hydrogens (tertiary/aromatic N) is 1. The van der Waals surface area contributed by atoms with E-state index in [2.05, 4.69) is 0 Å². The van der Waals surface area contributed by atoms with Crippen molar-refractivity contribution >= 4 is 11.9 Å². The molecule has 0 unspecified atom stereocenters. The van der Waals surface area contributed by atoms with Crippen LogP contribution in [0.25, 0.3) is 0 Å². The molecule has 1 fully saturated rings. The smallest absolute Gasteiger partial charge is 0.328 e. The highest BCUT2D eigenvalue weighted by molar-refractivity contribution is 5.93. The lowest BCUT2D eigenvalue weighted by molar-refractivity contribution is -0.132. The molecule has 5 nitrogen and oxygen atoms in total. The van der Waals surface area contributed by atoms with E-state index in [1.165, 1.54) is 0 Å². The van der Waals surface area contributed by atoms with Crippen LogP contribution in [0.2, 0.25) is 0 Å². The molecule has 1 heterocycles. The Balaban J connectivity index is 2.35. The zero-order valence-electron chi connectivity index (χ0n) is 9.39. The summed E-state index contributed by atoms with van der Waals surface area (Å²) in [5.74, 6) is -0.807. The number of piperidine rings is 1. The number of rotatable bonds is 4. The van der Waals surface area contributed by atoms with E-state index in [-0.39, 0.29) is 5.91 Å². The zero-order valence-corrected chi connectivity index (χ0v) is 9.39. The lowest BCUT2D eigenvalue weighted by Crippen LogP contribution is -2.38. The second-order valence-corrected chi connectivity index (χ2v) is 3.90. The number of carboxylic acid groups (broad SMARTS) is 1. The Hall–Kier alpha value is -1.36. The highest BCUT2D eigenvalue weighted by Crippen LogP contribution is 2.17. The standard InChI is InChI=1S/C11H17NO4/c1-16-8-9-4-6-12(7-5-9)10(13)2-3-11(14)15/h2-3,9H,4-8H2,1H3,(H,14,15). The van der Waals surface area contributed by atoms with Crippen LogP contribution in [-0.4, -0.2) is 48.7 Å². The molecule has 0 aromatic heterocycles. The van der Waals surface area contributed by atoms with Crippen LogP contribution in [0.4, 0.5) is 0 Å². The van der Waals surface area contributed by atoms with E-state index >= 15 is 0 Å². The van der Waals surface area contributed by atoms with Crippen LogP contribution in [0.15, 0.2) is 12.2 Å². The largest absolute Gasteiger partial charge is 0.478 e. The molecule has 1 aliphatic heterocycles. The number of amides is 1. The van der Waals surface area contributed by atoms with Crippen LogP contribution in [-0.2, 0) is 14.3 Å². The summed E-state index contributed by atoms with van der Waals surface area (Å²) < 4.78 is 5.06. The molecule has 1 amide bonds. The second kappa shape index (κ2) is 6.27. The SMILES string of the molecule is COCC1CCN(C(=O)C=CC(=O)O)CC1. The Morgan fingerprint density at radius 3 is 2.50 bits per heavy atom. The summed E-state index contributed by atoms with van der Waals surface area (Å²) in [6.45, 7) is 2.08. The lowest BCUT2D eigenvalue weighted by Gasteiger charge is -2.30. The fourth-order valence-electron chi connectivity index (χ4n) is 1.80. The number of ether oxygens (including phenoxy) is 1. The quantitative estimate of drug-likeness (QED) is 0.711. The molecule has 0 bridgehead atoms. The molecule has 0 spiro atoms. The fourth-order valence-corrected chi connectivity index (χ4v) is 1.80. The Morgan fingerprint density at radius 1 is 1.38 bits per heavy atom. The van der Waals surface area contributed by atoms with Crippen molar-refractivity contribution in [2.24, 2.45) is 5.92 Å². The van der Waals surface area contributed by atoms with E-state index in [9.17, 15) is 9.59 Å². The molecule has 16 heavy (non-hydrogen) atoms. The monoisotopic (exact) mass is 227 g/mol. The predicted octanol–water partition coefficient (Wildman–Crippen LogP) is 0.512. The maximum absolute atomic E-state index is 11.5. The van der Waals surface area contributed by atoms with Crippen molar-refractivity contribution in [2.45, 2.75) is 12.8 Å². The Morgan fingerprint density at radius 2 is 2.00 bits per heavy atom. The molecule has 0 aromatic carbocycles. The molecule has 1 rings (SSSR count). The maximum atomic E-state index is 11.5. The van der Waals surface area contributed by atoms with Crippen molar-refractivity contribution in [1.29, 1.82) is 0 Å². The van der Waals surface area contributed by atoms with Crippen molar-refractivity contribution in [1.82, 2.24) is 4.90 Å². The molecule has 0 radical (unpaired) electrons. The van der Waals surface area contributed by atoms with Gasteiger partial charge in [-0.3, -0.25) is 4.79 Å². The molecule has 90 valence electrons. The summed E-state index contributed by atoms with van der Waals surface area (Å²) in [6, 6.07) is 0. The van der Waals surface area contributed by atoms with Gasteiger partial charge in [-0.05, 0) is 18.8 Å². The molecular formula is C11H17NO4. The normalized spacial score (nSPS) is 17.9. The number of likely N-dealkylation sites (tertiary alicyclic amines) is 1. The van der Waals surface area contributed by atoms with Gasteiger partial charge in [0.15, 0.2) is 0 Å². The van der Waals surface area contributed by atoms with E-state index in [0.717, 1.165) is 31.6 Å². The van der Waals surface area contributed by atoms with Gasteiger partial charge in [0.05, 0.1) is 0 Å². The fraction of sp³-hybridized carbons (Fsp3) is 0.636. The third kappa shape index (κ3) is 4.02. The number of carbonyl (C=O) groups is 2. The van der Waals surface area contributed by atoms with E-state index in [0.29, 0.717) is 19.0 Å². The van der Waals surface area contributed by atoms with Gasteiger partial charge in [0.2, 0.25) is 5.91 Å². The number of carbonyl (C=O) groups excluding carboxylic acids is 1. The zero-order chi connectivity index (χ0) is 12.0. The molecule has 1 N–H and O–H groups in total. The van der Waals surface area contributed by atoms with Gasteiger partial charge in [0.25, 0.3) is 0 Å². The molecule has 0 atom stereocenters. The van der Waals surface area contributed by atoms with E-state index < -0.39 is 5.97 Å². The van der Waals surface area contributed by atoms with Gasteiger partial charge in [-0.1, -0.05) is 0 Å². The van der Waals surface area contributed by atoms with E-state index in [1.807, 2.05) is 0 Å². The third-order valence-electron chi connectivity index (χ3n) is 2.70. The van der Waals surface area contributed by atoms with Crippen molar-refractivity contribution in [2.75, 3.05) is 26.8 Å². The average molecular weight is 227 g/mol. The van der Waals surface area contributed by atoms with Crippen LogP contribution in [0.1, 0.15) is 12.8 Å². The van der Waals surface area contributed by atoms with Gasteiger partial charge >= 0.3 is 5.97 Å². The molecule has 1 aliphatic rings. The van der Waals surface area contributed by atoms with Crippen LogP contribution in [0.5, 0.6) is 0 Å². The molecular weight excluding hydrogens is 210 g/mol. The van der Waals surface area contributed by atoms with Crippen LogP contribution >= 0.6 is 0 Å². The van der Waals surface area contributed by atoms with Crippen LogP contribution in [0, 0.1) is 5.92 Å². The number of methoxy groups -OCH3 is 1. The average Bonchev–Trinajstić information content (AvgIpc) is 2.27. The number of aliphatic carboxylic acids is 1. The van der Waals surface area contributed by atoms with Crippen molar-refractivity contribution in [3.63, 3.8) is 0 Å². The minimum atomic E-state index is -1.09. The van der Waals surface area contributed by atoms with E-state index in [1.54, 1.807) is 12.0 Å². The highest BCUT2D eigenvalue weighted by Gasteiger charge is 2.21. The summed E-state index contributed by atoms with van der Waals surface area (Å²) in [7, 11) is 1.67. The van der Waals surface area contributed by atoms with Crippen LogP contribution in [0.3, 0.4) is 0 Å². The molecule has 5 heteroatoms. The minimum absolute atomic E-state index is 0.224. The van der Waals surface area contributed by atoms with E-state index in [4.69, 9.17) is 9.84 Å². The van der Waals surface area contributed by atoms with Gasteiger partial charge in [0, 0.05) is 39.0 Å². The maximum Gasteiger partial charge on any atom is 0.328 e. The first-order valence-electron chi connectivity index (χ1n) is 5.32. The summed E-state index contributed by atoms with van der Waals surface area (Å²) in [5.41, 5.74) is 0. The first kappa shape index (κ1) is 12.7. The summed E-state index contributed by atoms with van der Waals surface area (Å²) >= 11 is 0. The molecule has 0 aliphatic carbocycles. The minimum Gasteiger partial charge on any atom is -0.478 e. The third-order valence-corrected chi connectivity index (χ3v) is 2.70. The number of hydrogen-bond acceptors (Lipinski definition) is 3. The highest BCUT2D eigenvalue weighted by atomic mass is 16.5. The van der Waals surface area contributed by atoms with Crippen molar-refractivity contribution in [3.05, 3.63) is 12.2 Å². The Labute approximate surface area is 94.7 Å². The van der Waals surface area contributed by atoms with Crippen molar-refractivity contribution < 1.29 is 19.4 Å². The first-order valence-corrected chi connectivity index (χ1v) is 5.32.